The van der Waals surface area contributed by atoms with Crippen LogP contribution in [0.15, 0.2) is 29.4 Å². The minimum atomic E-state index is -4.55. The van der Waals surface area contributed by atoms with Crippen LogP contribution in [-0.4, -0.2) is 42.3 Å². The van der Waals surface area contributed by atoms with Gasteiger partial charge < -0.3 is 19.9 Å². The highest BCUT2D eigenvalue weighted by Gasteiger charge is 2.32. The monoisotopic (exact) mass is 510 g/mol. The molecule has 0 unspecified atom stereocenters. The quantitative estimate of drug-likeness (QED) is 0.577. The number of anilines is 1. The van der Waals surface area contributed by atoms with Crippen LogP contribution in [0.25, 0.3) is 0 Å². The lowest BCUT2D eigenvalue weighted by Gasteiger charge is -2.16. The van der Waals surface area contributed by atoms with Gasteiger partial charge in [0.2, 0.25) is 0 Å². The highest BCUT2D eigenvalue weighted by Crippen LogP contribution is 2.32. The Labute approximate surface area is 207 Å². The first kappa shape index (κ1) is 25.9. The van der Waals surface area contributed by atoms with Crippen LogP contribution in [0.2, 0.25) is 0 Å². The van der Waals surface area contributed by atoms with Gasteiger partial charge in [0.15, 0.2) is 4.80 Å². The molecule has 2 aliphatic heterocycles. The molecule has 3 heterocycles. The number of benzene rings is 1. The molecule has 10 heteroatoms. The van der Waals surface area contributed by atoms with Crippen molar-refractivity contribution in [2.45, 2.75) is 76.7 Å². The van der Waals surface area contributed by atoms with Crippen molar-refractivity contribution in [3.63, 3.8) is 0 Å². The number of halogens is 3. The van der Waals surface area contributed by atoms with E-state index in [2.05, 4.69) is 36.4 Å². The van der Waals surface area contributed by atoms with E-state index in [0.717, 1.165) is 49.2 Å². The number of ether oxygens (including phenoxy) is 1. The molecule has 2 atom stereocenters. The third-order valence-corrected chi connectivity index (χ3v) is 7.81. The fourth-order valence-electron chi connectivity index (χ4n) is 4.32. The Morgan fingerprint density at radius 2 is 2.06 bits per heavy atom. The number of carbonyl (C=O) groups is 1. The van der Waals surface area contributed by atoms with Crippen LogP contribution in [0.1, 0.15) is 67.3 Å². The first-order chi connectivity index (χ1) is 16.5. The smallest absolute Gasteiger partial charge is 0.383 e. The van der Waals surface area contributed by atoms with Gasteiger partial charge in [0.1, 0.15) is 0 Å². The molecule has 0 radical (unpaired) electrons. The van der Waals surface area contributed by atoms with Gasteiger partial charge in [-0.25, -0.2) is 0 Å². The molecule has 192 valence electrons. The van der Waals surface area contributed by atoms with Gasteiger partial charge in [0.05, 0.1) is 23.8 Å². The van der Waals surface area contributed by atoms with E-state index >= 15 is 0 Å². The molecule has 4 rings (SSSR count). The van der Waals surface area contributed by atoms with Crippen LogP contribution in [0.4, 0.5) is 18.9 Å². The highest BCUT2D eigenvalue weighted by atomic mass is 32.1. The van der Waals surface area contributed by atoms with Gasteiger partial charge in [-0.3, -0.25) is 4.79 Å². The number of rotatable bonds is 6. The van der Waals surface area contributed by atoms with Crippen molar-refractivity contribution in [3.8, 4) is 0 Å². The number of carbonyl (C=O) groups excluding carboxylic acids is 1. The van der Waals surface area contributed by atoms with E-state index in [-0.39, 0.29) is 23.1 Å². The second-order valence-corrected chi connectivity index (χ2v) is 11.3. The predicted octanol–water partition coefficient (Wildman–Crippen LogP) is 4.95. The summed E-state index contributed by atoms with van der Waals surface area (Å²) in [6.07, 6.45) is 1.42. The zero-order valence-electron chi connectivity index (χ0n) is 20.4. The Morgan fingerprint density at radius 3 is 2.69 bits per heavy atom. The van der Waals surface area contributed by atoms with E-state index in [1.54, 1.807) is 0 Å². The summed E-state index contributed by atoms with van der Waals surface area (Å²) in [6, 6.07) is 3.45. The van der Waals surface area contributed by atoms with Gasteiger partial charge in [-0.15, -0.1) is 11.3 Å². The first-order valence-corrected chi connectivity index (χ1v) is 12.9. The average molecular weight is 511 g/mol. The van der Waals surface area contributed by atoms with Crippen molar-refractivity contribution < 1.29 is 22.7 Å². The lowest BCUT2D eigenvalue weighted by atomic mass is 9.95. The number of aromatic nitrogens is 1. The molecule has 2 aromatic rings. The summed E-state index contributed by atoms with van der Waals surface area (Å²) < 4.78 is 48.0. The molecule has 1 aromatic carbocycles. The molecule has 1 aromatic heterocycles. The Bertz CT molecular complexity index is 1110. The topological polar surface area (TPSA) is 67.7 Å². The zero-order valence-corrected chi connectivity index (χ0v) is 21.2. The van der Waals surface area contributed by atoms with Crippen LogP contribution >= 0.6 is 11.3 Å². The maximum atomic E-state index is 13.5. The average Bonchev–Trinajstić information content (AvgIpc) is 3.54. The fourth-order valence-corrected chi connectivity index (χ4v) is 5.37. The Balaban J connectivity index is 1.69. The van der Waals surface area contributed by atoms with Gasteiger partial charge in [-0.1, -0.05) is 20.8 Å². The number of amides is 1. The van der Waals surface area contributed by atoms with Gasteiger partial charge >= 0.3 is 6.18 Å². The molecule has 0 saturated carbocycles. The number of thiazole rings is 1. The van der Waals surface area contributed by atoms with Gasteiger partial charge in [0.25, 0.3) is 5.91 Å². The third-order valence-electron chi connectivity index (χ3n) is 6.36. The summed E-state index contributed by atoms with van der Waals surface area (Å²) in [5, 5.41) is 6.51. The number of hydrogen-bond donors (Lipinski definition) is 2. The van der Waals surface area contributed by atoms with Crippen molar-refractivity contribution in [2.75, 3.05) is 25.0 Å². The molecule has 1 amide bonds. The molecular formula is C25H33F3N4O2S. The van der Waals surface area contributed by atoms with E-state index < -0.39 is 17.6 Å². The van der Waals surface area contributed by atoms with Gasteiger partial charge in [-0.2, -0.15) is 18.2 Å². The van der Waals surface area contributed by atoms with Crippen LogP contribution in [0.5, 0.6) is 0 Å². The molecule has 2 saturated heterocycles. The van der Waals surface area contributed by atoms with Crippen molar-refractivity contribution in [1.82, 2.24) is 9.88 Å². The Morgan fingerprint density at radius 1 is 1.26 bits per heavy atom. The van der Waals surface area contributed by atoms with Crippen LogP contribution < -0.4 is 15.4 Å². The molecule has 0 spiro atoms. The minimum absolute atomic E-state index is 0.0381. The van der Waals surface area contributed by atoms with E-state index in [1.807, 2.05) is 10.8 Å². The molecule has 0 aliphatic carbocycles. The summed E-state index contributed by atoms with van der Waals surface area (Å²) >= 11 is 1.39. The SMILES string of the molecule is CC(C)(C)c1cn(C[C@H]2CCCO2)c(=NC(=O)c2cc(C(F)(F)F)ccc2NC[C@@H]2CCCN2)s1. The standard InChI is InChI=1S/C25H33F3N4O2S/c1-24(2,3)21-15-32(14-18-7-5-11-34-18)23(35-21)31-22(33)19-12-16(25(26,27)28)8-9-20(19)30-13-17-6-4-10-29-17/h8-9,12,15,17-18,29-30H,4-7,10-11,13-14H2,1-3H3/t17-,18+/m0/s1. The summed E-state index contributed by atoms with van der Waals surface area (Å²) in [4.78, 5) is 19.2. The number of nitrogens with one attached hydrogen (secondary N) is 2. The molecule has 2 fully saturated rings. The van der Waals surface area contributed by atoms with Crippen molar-refractivity contribution in [3.05, 3.63) is 45.2 Å². The van der Waals surface area contributed by atoms with Crippen LogP contribution in [-0.2, 0) is 22.9 Å². The molecule has 2 N–H and O–H groups in total. The van der Waals surface area contributed by atoms with Crippen LogP contribution in [0.3, 0.4) is 0 Å². The third kappa shape index (κ3) is 6.54. The van der Waals surface area contributed by atoms with Crippen molar-refractivity contribution in [2.24, 2.45) is 4.99 Å². The number of alkyl halides is 3. The highest BCUT2D eigenvalue weighted by molar-refractivity contribution is 7.09. The van der Waals surface area contributed by atoms with E-state index in [4.69, 9.17) is 4.74 Å². The van der Waals surface area contributed by atoms with Gasteiger partial charge in [0, 0.05) is 36.0 Å². The molecule has 35 heavy (non-hydrogen) atoms. The van der Waals surface area contributed by atoms with E-state index in [9.17, 15) is 18.0 Å². The normalized spacial score (nSPS) is 21.6. The first-order valence-electron chi connectivity index (χ1n) is 12.1. The molecular weight excluding hydrogens is 477 g/mol. The van der Waals surface area contributed by atoms with E-state index in [0.29, 0.717) is 30.2 Å². The summed E-state index contributed by atoms with van der Waals surface area (Å²) in [5.41, 5.74) is -0.739. The summed E-state index contributed by atoms with van der Waals surface area (Å²) in [6.45, 7) is 8.94. The summed E-state index contributed by atoms with van der Waals surface area (Å²) in [5.74, 6) is -0.693. The number of nitrogens with zero attached hydrogens (tertiary/aromatic N) is 2. The minimum Gasteiger partial charge on any atom is -0.383 e. The number of hydrogen-bond acceptors (Lipinski definition) is 5. The molecule has 0 bridgehead atoms. The maximum Gasteiger partial charge on any atom is 0.416 e. The van der Waals surface area contributed by atoms with Crippen molar-refractivity contribution >= 4 is 22.9 Å². The second-order valence-electron chi connectivity index (χ2n) is 10.3. The maximum absolute atomic E-state index is 13.5. The second kappa shape index (κ2) is 10.4. The molecule has 2 aliphatic rings. The zero-order chi connectivity index (χ0) is 25.2. The van der Waals surface area contributed by atoms with Gasteiger partial charge in [-0.05, 0) is 55.8 Å². The predicted molar refractivity (Wildman–Crippen MR) is 131 cm³/mol. The Kier molecular flexibility index (Phi) is 7.73. The lowest BCUT2D eigenvalue weighted by molar-refractivity contribution is -0.137. The fraction of sp³-hybridized carbons (Fsp3) is 0.600. The molecule has 6 nitrogen and oxygen atoms in total. The lowest BCUT2D eigenvalue weighted by Crippen LogP contribution is -2.29. The van der Waals surface area contributed by atoms with Crippen molar-refractivity contribution in [1.29, 1.82) is 0 Å². The largest absolute Gasteiger partial charge is 0.416 e. The van der Waals surface area contributed by atoms with Crippen LogP contribution in [0, 0.1) is 0 Å². The summed E-state index contributed by atoms with van der Waals surface area (Å²) in [7, 11) is 0. The Hall–Kier alpha value is -2.17. The van der Waals surface area contributed by atoms with E-state index in [1.165, 1.54) is 17.4 Å².